The predicted molar refractivity (Wildman–Crippen MR) is 111 cm³/mol. The zero-order chi connectivity index (χ0) is 18.5. The van der Waals surface area contributed by atoms with Gasteiger partial charge in [-0.15, -0.1) is 22.7 Å². The summed E-state index contributed by atoms with van der Waals surface area (Å²) in [5.41, 5.74) is 3.04. The first kappa shape index (κ1) is 18.1. The Bertz CT molecular complexity index is 1050. The van der Waals surface area contributed by atoms with E-state index in [4.69, 9.17) is 0 Å². The van der Waals surface area contributed by atoms with Gasteiger partial charge in [-0.3, -0.25) is 4.79 Å². The summed E-state index contributed by atoms with van der Waals surface area (Å²) in [5, 5.41) is 8.79. The van der Waals surface area contributed by atoms with Gasteiger partial charge in [0.15, 0.2) is 0 Å². The number of hydrogen-bond donors (Lipinski definition) is 1. The van der Waals surface area contributed by atoms with Crippen molar-refractivity contribution in [3.63, 3.8) is 0 Å². The summed E-state index contributed by atoms with van der Waals surface area (Å²) in [7, 11) is 0. The molecule has 27 heavy (non-hydrogen) atoms. The van der Waals surface area contributed by atoms with E-state index >= 15 is 0 Å². The zero-order valence-electron chi connectivity index (χ0n) is 14.3. The fraction of sp³-hybridized carbons (Fsp3) is 0.158. The maximum absolute atomic E-state index is 12.1. The summed E-state index contributed by atoms with van der Waals surface area (Å²) >= 11 is 4.82. The number of thioether (sulfide) groups is 1. The highest BCUT2D eigenvalue weighted by Crippen LogP contribution is 2.30. The van der Waals surface area contributed by atoms with Crippen molar-refractivity contribution < 1.29 is 4.79 Å². The van der Waals surface area contributed by atoms with E-state index in [2.05, 4.69) is 20.3 Å². The molecule has 0 spiro atoms. The van der Waals surface area contributed by atoms with Gasteiger partial charge in [-0.2, -0.15) is 0 Å². The lowest BCUT2D eigenvalue weighted by atomic mass is 10.2. The molecule has 0 unspecified atom stereocenters. The van der Waals surface area contributed by atoms with Crippen molar-refractivity contribution in [2.24, 2.45) is 0 Å². The SMILES string of the molecule is O=C(Cc1nc(CSc2ncnc3ccsc23)cs1)NCc1ccccc1. The summed E-state index contributed by atoms with van der Waals surface area (Å²) in [5.74, 6) is 0.718. The van der Waals surface area contributed by atoms with Gasteiger partial charge in [0.2, 0.25) is 5.91 Å². The molecule has 5 nitrogen and oxygen atoms in total. The highest BCUT2D eigenvalue weighted by atomic mass is 32.2. The van der Waals surface area contributed by atoms with Crippen LogP contribution in [0.4, 0.5) is 0 Å². The van der Waals surface area contributed by atoms with Crippen LogP contribution in [0.25, 0.3) is 10.2 Å². The van der Waals surface area contributed by atoms with E-state index in [1.807, 2.05) is 47.2 Å². The number of nitrogens with zero attached hydrogens (tertiary/aromatic N) is 3. The first-order valence-corrected chi connectivity index (χ1v) is 11.1. The van der Waals surface area contributed by atoms with Crippen molar-refractivity contribution in [3.8, 4) is 0 Å². The van der Waals surface area contributed by atoms with E-state index in [1.54, 1.807) is 29.4 Å². The van der Waals surface area contributed by atoms with Crippen LogP contribution in [0.5, 0.6) is 0 Å². The third kappa shape index (κ3) is 4.71. The number of carbonyl (C=O) groups is 1. The topological polar surface area (TPSA) is 67.8 Å². The molecule has 1 aromatic carbocycles. The predicted octanol–water partition coefficient (Wildman–Crippen LogP) is 4.30. The van der Waals surface area contributed by atoms with Gasteiger partial charge in [0.1, 0.15) is 16.4 Å². The van der Waals surface area contributed by atoms with Gasteiger partial charge in [-0.25, -0.2) is 15.0 Å². The molecule has 3 aromatic heterocycles. The summed E-state index contributed by atoms with van der Waals surface area (Å²) in [6.45, 7) is 0.540. The van der Waals surface area contributed by atoms with Gasteiger partial charge in [-0.05, 0) is 17.0 Å². The van der Waals surface area contributed by atoms with Gasteiger partial charge >= 0.3 is 0 Å². The molecule has 0 saturated heterocycles. The standard InChI is InChI=1S/C19H16N4OS3/c24-16(20-9-13-4-2-1-3-5-13)8-17-23-14(10-26-17)11-27-19-18-15(6-7-25-18)21-12-22-19/h1-7,10,12H,8-9,11H2,(H,20,24). The summed E-state index contributed by atoms with van der Waals surface area (Å²) in [6, 6.07) is 11.9. The molecule has 0 bridgehead atoms. The number of fused-ring (bicyclic) bond motifs is 1. The molecule has 136 valence electrons. The van der Waals surface area contributed by atoms with Crippen molar-refractivity contribution in [1.29, 1.82) is 0 Å². The Morgan fingerprint density at radius 1 is 1.11 bits per heavy atom. The second kappa shape index (κ2) is 8.60. The Morgan fingerprint density at radius 3 is 2.89 bits per heavy atom. The second-order valence-electron chi connectivity index (χ2n) is 5.77. The molecule has 0 fully saturated rings. The molecule has 0 aliphatic rings. The highest BCUT2D eigenvalue weighted by Gasteiger charge is 2.10. The van der Waals surface area contributed by atoms with Crippen LogP contribution in [0, 0.1) is 0 Å². The van der Waals surface area contributed by atoms with E-state index in [0.717, 1.165) is 37.3 Å². The number of nitrogens with one attached hydrogen (secondary N) is 1. The number of carbonyl (C=O) groups excluding carboxylic acids is 1. The second-order valence-corrected chi connectivity index (χ2v) is 8.60. The molecule has 0 aliphatic heterocycles. The van der Waals surface area contributed by atoms with E-state index in [1.165, 1.54) is 11.3 Å². The van der Waals surface area contributed by atoms with Gasteiger partial charge in [0, 0.05) is 17.7 Å². The van der Waals surface area contributed by atoms with Crippen LogP contribution in [0.2, 0.25) is 0 Å². The Kier molecular flexibility index (Phi) is 5.76. The number of aromatic nitrogens is 3. The highest BCUT2D eigenvalue weighted by molar-refractivity contribution is 7.98. The van der Waals surface area contributed by atoms with Crippen LogP contribution in [0.3, 0.4) is 0 Å². The summed E-state index contributed by atoms with van der Waals surface area (Å²) in [6.07, 6.45) is 1.91. The number of benzene rings is 1. The van der Waals surface area contributed by atoms with Crippen LogP contribution >= 0.6 is 34.4 Å². The molecule has 4 rings (SSSR count). The molecule has 0 aliphatic carbocycles. The number of amides is 1. The molecule has 0 atom stereocenters. The molecule has 1 amide bonds. The van der Waals surface area contributed by atoms with Gasteiger partial charge in [0.25, 0.3) is 0 Å². The van der Waals surface area contributed by atoms with Crippen molar-refractivity contribution >= 4 is 50.6 Å². The first-order chi connectivity index (χ1) is 13.3. The first-order valence-electron chi connectivity index (χ1n) is 8.33. The smallest absolute Gasteiger partial charge is 0.227 e. The number of thiazole rings is 1. The summed E-state index contributed by atoms with van der Waals surface area (Å²) < 4.78 is 1.11. The van der Waals surface area contributed by atoms with Crippen LogP contribution < -0.4 is 5.32 Å². The fourth-order valence-corrected chi connectivity index (χ4v) is 5.24. The number of thiophene rings is 1. The minimum Gasteiger partial charge on any atom is -0.352 e. The molecule has 0 radical (unpaired) electrons. The number of rotatable bonds is 7. The fourth-order valence-electron chi connectivity index (χ4n) is 2.50. The van der Waals surface area contributed by atoms with Crippen LogP contribution in [-0.2, 0) is 23.5 Å². The maximum atomic E-state index is 12.1. The third-order valence-electron chi connectivity index (χ3n) is 3.81. The number of hydrogen-bond acceptors (Lipinski definition) is 7. The van der Waals surface area contributed by atoms with Crippen molar-refractivity contribution in [2.75, 3.05) is 0 Å². The molecular formula is C19H16N4OS3. The zero-order valence-corrected chi connectivity index (χ0v) is 16.7. The molecular weight excluding hydrogens is 396 g/mol. The Hall–Kier alpha value is -2.29. The van der Waals surface area contributed by atoms with Gasteiger partial charge in [-0.1, -0.05) is 42.1 Å². The van der Waals surface area contributed by atoms with E-state index < -0.39 is 0 Å². The van der Waals surface area contributed by atoms with Crippen LogP contribution in [0.1, 0.15) is 16.3 Å². The molecule has 4 aromatic rings. The lowest BCUT2D eigenvalue weighted by molar-refractivity contribution is -0.120. The molecule has 0 saturated carbocycles. The normalized spacial score (nSPS) is 11.0. The minimum absolute atomic E-state index is 0.0106. The van der Waals surface area contributed by atoms with E-state index in [-0.39, 0.29) is 5.91 Å². The van der Waals surface area contributed by atoms with Crippen molar-refractivity contribution in [2.45, 2.75) is 23.7 Å². The summed E-state index contributed by atoms with van der Waals surface area (Å²) in [4.78, 5) is 25.3. The van der Waals surface area contributed by atoms with Gasteiger partial charge < -0.3 is 5.32 Å². The van der Waals surface area contributed by atoms with E-state index in [9.17, 15) is 4.79 Å². The largest absolute Gasteiger partial charge is 0.352 e. The molecule has 1 N–H and O–H groups in total. The van der Waals surface area contributed by atoms with Crippen molar-refractivity contribution in [1.82, 2.24) is 20.3 Å². The quantitative estimate of drug-likeness (QED) is 0.362. The van der Waals surface area contributed by atoms with Crippen LogP contribution in [-0.4, -0.2) is 20.9 Å². The lowest BCUT2D eigenvalue weighted by Gasteiger charge is -2.03. The van der Waals surface area contributed by atoms with E-state index in [0.29, 0.717) is 13.0 Å². The Morgan fingerprint density at radius 2 is 2.00 bits per heavy atom. The average molecular weight is 413 g/mol. The molecule has 8 heteroatoms. The Labute approximate surface area is 168 Å². The average Bonchev–Trinajstić information content (AvgIpc) is 3.35. The van der Waals surface area contributed by atoms with Crippen molar-refractivity contribution in [3.05, 3.63) is 69.8 Å². The maximum Gasteiger partial charge on any atom is 0.227 e. The minimum atomic E-state index is -0.0106. The lowest BCUT2D eigenvalue weighted by Crippen LogP contribution is -2.24. The van der Waals surface area contributed by atoms with Gasteiger partial charge in [0.05, 0.1) is 22.3 Å². The monoisotopic (exact) mass is 412 g/mol. The Balaban J connectivity index is 1.30. The molecule has 3 heterocycles. The van der Waals surface area contributed by atoms with Crippen LogP contribution in [0.15, 0.2) is 58.5 Å². The third-order valence-corrected chi connectivity index (χ3v) is 6.77.